The van der Waals surface area contributed by atoms with Gasteiger partial charge in [0.15, 0.2) is 9.95 Å². The highest BCUT2D eigenvalue weighted by Gasteiger charge is 2.08. The number of benzene rings is 2. The van der Waals surface area contributed by atoms with E-state index in [9.17, 15) is 10.1 Å². The summed E-state index contributed by atoms with van der Waals surface area (Å²) in [4.78, 5) is 15.5. The fraction of sp³-hybridized carbons (Fsp3) is 0.0769. The van der Waals surface area contributed by atoms with Crippen LogP contribution in [0, 0.1) is 27.8 Å². The zero-order chi connectivity index (χ0) is 15.0. The molecule has 0 saturated heterocycles. The van der Waals surface area contributed by atoms with Crippen LogP contribution in [0.5, 0.6) is 0 Å². The Hall–Kier alpha value is -3.32. The van der Waals surface area contributed by atoms with Crippen LogP contribution < -0.4 is 0 Å². The highest BCUT2D eigenvalue weighted by molar-refractivity contribution is 5.48. The first-order valence-electron chi connectivity index (χ1n) is 5.58. The molecular weight excluding hydrogens is 258 g/mol. The van der Waals surface area contributed by atoms with Crippen molar-refractivity contribution < 1.29 is 4.92 Å². The largest absolute Gasteiger partial charge is 0.385 e. The van der Waals surface area contributed by atoms with E-state index in [1.54, 1.807) is 12.1 Å². The molecule has 0 aliphatic heterocycles. The maximum absolute atomic E-state index is 10.1. The van der Waals surface area contributed by atoms with Crippen LogP contribution >= 0.6 is 0 Å². The molecular formula is C13H11N5O2+2. The molecule has 0 radical (unpaired) electrons. The van der Waals surface area contributed by atoms with E-state index in [-0.39, 0.29) is 5.69 Å². The molecule has 98 valence electrons. The van der Waals surface area contributed by atoms with E-state index in [1.165, 1.54) is 29.8 Å². The summed E-state index contributed by atoms with van der Waals surface area (Å²) < 4.78 is 0. The number of diazo groups is 2. The summed E-state index contributed by atoms with van der Waals surface area (Å²) in [5, 5.41) is 26.6. The predicted octanol–water partition coefficient (Wildman–Crippen LogP) is 4.56. The lowest BCUT2D eigenvalue weighted by Gasteiger charge is -1.84. The summed E-state index contributed by atoms with van der Waals surface area (Å²) in [5.74, 6) is 0. The Morgan fingerprint density at radius 2 is 1.30 bits per heavy atom. The van der Waals surface area contributed by atoms with Gasteiger partial charge < -0.3 is 0 Å². The van der Waals surface area contributed by atoms with E-state index < -0.39 is 4.92 Å². The van der Waals surface area contributed by atoms with Crippen LogP contribution in [0.2, 0.25) is 0 Å². The second-order valence-corrected chi connectivity index (χ2v) is 3.81. The summed E-state index contributed by atoms with van der Waals surface area (Å²) in [6, 6.07) is 12.6. The van der Waals surface area contributed by atoms with Crippen LogP contribution in [0.3, 0.4) is 0 Å². The molecule has 0 fully saturated rings. The first kappa shape index (κ1) is 14.7. The number of nitrogens with zero attached hydrogens (tertiary/aromatic N) is 5. The van der Waals surface area contributed by atoms with Crippen LogP contribution in [-0.4, -0.2) is 4.92 Å². The smallest absolute Gasteiger partial charge is 0.258 e. The Kier molecular flexibility index (Phi) is 5.30. The quantitative estimate of drug-likeness (QED) is 0.430. The second kappa shape index (κ2) is 7.19. The highest BCUT2D eigenvalue weighted by Crippen LogP contribution is 2.17. The van der Waals surface area contributed by atoms with Crippen molar-refractivity contribution in [1.29, 1.82) is 10.8 Å². The molecule has 0 aliphatic rings. The maximum Gasteiger partial charge on any atom is 0.385 e. The molecule has 0 aromatic heterocycles. The van der Waals surface area contributed by atoms with Crippen LogP contribution in [0.4, 0.5) is 17.1 Å². The van der Waals surface area contributed by atoms with Gasteiger partial charge in [-0.15, -0.1) is 0 Å². The summed E-state index contributed by atoms with van der Waals surface area (Å²) in [6.07, 6.45) is 0. The third-order valence-corrected chi connectivity index (χ3v) is 2.33. The summed E-state index contributed by atoms with van der Waals surface area (Å²) >= 11 is 0. The standard InChI is InChI=1S/C7H7N2.C6H4N3O2/c1-6-2-4-7(9-8)5-3-6;7-8-5-1-3-6(4-2-5)9(10)11/h2-5H,1H3;1-4H/q2*+1. The zero-order valence-electron chi connectivity index (χ0n) is 10.7. The molecule has 0 atom stereocenters. The van der Waals surface area contributed by atoms with Gasteiger partial charge in [0.05, 0.1) is 4.92 Å². The lowest BCUT2D eigenvalue weighted by molar-refractivity contribution is -0.384. The minimum Gasteiger partial charge on any atom is -0.258 e. The van der Waals surface area contributed by atoms with E-state index in [0.29, 0.717) is 11.4 Å². The number of rotatable bonds is 1. The molecule has 0 unspecified atom stereocenters. The highest BCUT2D eigenvalue weighted by atomic mass is 16.6. The molecule has 0 N–H and O–H groups in total. The maximum atomic E-state index is 10.1. The average Bonchev–Trinajstić information content (AvgIpc) is 2.49. The Morgan fingerprint density at radius 1 is 0.900 bits per heavy atom. The van der Waals surface area contributed by atoms with Crippen molar-refractivity contribution in [2.24, 2.45) is 0 Å². The number of nitro benzene ring substituents is 1. The molecule has 0 heterocycles. The van der Waals surface area contributed by atoms with Crippen molar-refractivity contribution in [3.05, 3.63) is 74.2 Å². The Balaban J connectivity index is 0.000000204. The van der Waals surface area contributed by atoms with E-state index in [1.807, 2.05) is 19.1 Å². The second-order valence-electron chi connectivity index (χ2n) is 3.81. The first-order valence-corrected chi connectivity index (χ1v) is 5.58. The monoisotopic (exact) mass is 269 g/mol. The van der Waals surface area contributed by atoms with Gasteiger partial charge in [-0.3, -0.25) is 10.1 Å². The minimum absolute atomic E-state index is 0.0163. The van der Waals surface area contributed by atoms with Crippen molar-refractivity contribution in [2.75, 3.05) is 0 Å². The van der Waals surface area contributed by atoms with Crippen molar-refractivity contribution in [2.45, 2.75) is 6.92 Å². The molecule has 7 heteroatoms. The minimum atomic E-state index is -0.513. The molecule has 20 heavy (non-hydrogen) atoms. The van der Waals surface area contributed by atoms with Crippen molar-refractivity contribution in [3.63, 3.8) is 0 Å². The molecule has 0 bridgehead atoms. The molecule has 0 spiro atoms. The van der Waals surface area contributed by atoms with Crippen molar-refractivity contribution in [1.82, 2.24) is 0 Å². The van der Waals surface area contributed by atoms with Gasteiger partial charge in [0.25, 0.3) is 5.69 Å². The number of aryl methyl sites for hydroxylation is 1. The fourth-order valence-electron chi connectivity index (χ4n) is 1.25. The van der Waals surface area contributed by atoms with Gasteiger partial charge in [-0.1, -0.05) is 17.7 Å². The molecule has 0 aliphatic carbocycles. The lowest BCUT2D eigenvalue weighted by atomic mass is 10.2. The Morgan fingerprint density at radius 3 is 1.65 bits per heavy atom. The van der Waals surface area contributed by atoms with Gasteiger partial charge in [-0.25, -0.2) is 0 Å². The first-order chi connectivity index (χ1) is 9.56. The molecule has 7 nitrogen and oxygen atoms in total. The van der Waals surface area contributed by atoms with E-state index in [4.69, 9.17) is 10.8 Å². The van der Waals surface area contributed by atoms with E-state index in [2.05, 4.69) is 9.95 Å². The Labute approximate surface area is 114 Å². The molecule has 2 aromatic carbocycles. The van der Waals surface area contributed by atoms with Gasteiger partial charge in [-0.2, -0.15) is 0 Å². The molecule has 0 amide bonds. The van der Waals surface area contributed by atoms with Crippen molar-refractivity contribution in [3.8, 4) is 0 Å². The third kappa shape index (κ3) is 4.51. The van der Waals surface area contributed by atoms with Crippen LogP contribution in [0.1, 0.15) is 5.56 Å². The normalized spacial score (nSPS) is 8.55. The van der Waals surface area contributed by atoms with Gasteiger partial charge >= 0.3 is 11.4 Å². The van der Waals surface area contributed by atoms with Gasteiger partial charge in [0, 0.05) is 36.4 Å². The van der Waals surface area contributed by atoms with E-state index >= 15 is 0 Å². The lowest BCUT2D eigenvalue weighted by Crippen LogP contribution is -1.85. The number of non-ortho nitro benzene ring substituents is 1. The van der Waals surface area contributed by atoms with Gasteiger partial charge in [0.1, 0.15) is 0 Å². The topological polar surface area (TPSA) is 99.4 Å². The SMILES string of the molecule is Cc1ccc([N+]#N)cc1.N#[N+]c1ccc([N+](=O)[O-])cc1. The summed E-state index contributed by atoms with van der Waals surface area (Å²) in [5.41, 5.74) is 2.05. The zero-order valence-corrected chi connectivity index (χ0v) is 10.7. The molecule has 0 saturated carbocycles. The number of hydrogen-bond acceptors (Lipinski definition) is 4. The summed E-state index contributed by atoms with van der Waals surface area (Å²) in [6.45, 7) is 1.99. The van der Waals surface area contributed by atoms with Gasteiger partial charge in [0.2, 0.25) is 10.8 Å². The Bertz CT molecular complexity index is 666. The average molecular weight is 269 g/mol. The number of hydrogen-bond donors (Lipinski definition) is 0. The van der Waals surface area contributed by atoms with Crippen LogP contribution in [0.15, 0.2) is 48.5 Å². The molecule has 2 rings (SSSR count). The summed E-state index contributed by atoms with van der Waals surface area (Å²) in [7, 11) is 0. The van der Waals surface area contributed by atoms with Crippen molar-refractivity contribution >= 4 is 17.1 Å². The third-order valence-electron chi connectivity index (χ3n) is 2.33. The van der Waals surface area contributed by atoms with Crippen LogP contribution in [-0.2, 0) is 0 Å². The van der Waals surface area contributed by atoms with Gasteiger partial charge in [-0.05, 0) is 6.92 Å². The van der Waals surface area contributed by atoms with Crippen LogP contribution in [0.25, 0.3) is 9.95 Å². The molecule has 2 aromatic rings. The fourth-order valence-corrected chi connectivity index (χ4v) is 1.25. The predicted molar refractivity (Wildman–Crippen MR) is 73.8 cm³/mol. The van der Waals surface area contributed by atoms with E-state index in [0.717, 1.165) is 0 Å². The number of nitro groups is 1.